The van der Waals surface area contributed by atoms with Crippen molar-refractivity contribution >= 4 is 12.6 Å². The first-order valence-corrected chi connectivity index (χ1v) is 7.59. The van der Waals surface area contributed by atoms with Crippen LogP contribution in [0.1, 0.15) is 45.1 Å². The molecule has 0 aliphatic heterocycles. The number of aryl methyl sites for hydroxylation is 1. The van der Waals surface area contributed by atoms with Crippen molar-refractivity contribution < 1.29 is 4.74 Å². The Kier molecular flexibility index (Phi) is 6.62. The number of thiol groups is 1. The molecule has 0 heterocycles. The Morgan fingerprint density at radius 2 is 1.83 bits per heavy atom. The summed E-state index contributed by atoms with van der Waals surface area (Å²) < 4.78 is 6.00. The SMILES string of the molecule is CCCC(CS)(CCC)COc1cccc(C)c1. The van der Waals surface area contributed by atoms with Gasteiger partial charge in [-0.15, -0.1) is 0 Å². The van der Waals surface area contributed by atoms with Crippen molar-refractivity contribution in [3.63, 3.8) is 0 Å². The van der Waals surface area contributed by atoms with Crippen LogP contribution in [0.5, 0.6) is 5.75 Å². The number of ether oxygens (including phenoxy) is 1. The van der Waals surface area contributed by atoms with Gasteiger partial charge in [-0.1, -0.05) is 38.8 Å². The molecular weight excluding hydrogens is 240 g/mol. The lowest BCUT2D eigenvalue weighted by atomic mass is 9.82. The molecule has 0 fully saturated rings. The molecule has 0 aliphatic rings. The maximum atomic E-state index is 6.00. The van der Waals surface area contributed by atoms with E-state index in [1.165, 1.54) is 31.2 Å². The van der Waals surface area contributed by atoms with E-state index in [0.29, 0.717) is 0 Å². The zero-order chi connectivity index (χ0) is 13.4. The second-order valence-corrected chi connectivity index (χ2v) is 5.58. The van der Waals surface area contributed by atoms with E-state index in [1.807, 2.05) is 12.1 Å². The lowest BCUT2D eigenvalue weighted by Gasteiger charge is -2.31. The Labute approximate surface area is 117 Å². The van der Waals surface area contributed by atoms with Crippen LogP contribution in [0, 0.1) is 12.3 Å². The average molecular weight is 266 g/mol. The van der Waals surface area contributed by atoms with Gasteiger partial charge >= 0.3 is 0 Å². The van der Waals surface area contributed by atoms with Crippen molar-refractivity contribution in [2.75, 3.05) is 12.4 Å². The Morgan fingerprint density at radius 3 is 2.33 bits per heavy atom. The minimum atomic E-state index is 0.232. The number of rotatable bonds is 8. The van der Waals surface area contributed by atoms with Crippen molar-refractivity contribution in [3.05, 3.63) is 29.8 Å². The van der Waals surface area contributed by atoms with Crippen molar-refractivity contribution in [1.82, 2.24) is 0 Å². The van der Waals surface area contributed by atoms with Gasteiger partial charge in [0.05, 0.1) is 6.61 Å². The van der Waals surface area contributed by atoms with Gasteiger partial charge in [0.25, 0.3) is 0 Å². The van der Waals surface area contributed by atoms with Crippen LogP contribution in [0.2, 0.25) is 0 Å². The third kappa shape index (κ3) is 4.56. The fraction of sp³-hybridized carbons (Fsp3) is 0.625. The van der Waals surface area contributed by atoms with E-state index in [2.05, 4.69) is 45.5 Å². The summed E-state index contributed by atoms with van der Waals surface area (Å²) in [6.07, 6.45) is 4.77. The van der Waals surface area contributed by atoms with Crippen molar-refractivity contribution in [1.29, 1.82) is 0 Å². The molecule has 0 spiro atoms. The van der Waals surface area contributed by atoms with E-state index >= 15 is 0 Å². The summed E-state index contributed by atoms with van der Waals surface area (Å²) in [5.74, 6) is 1.88. The first-order chi connectivity index (χ1) is 8.65. The smallest absolute Gasteiger partial charge is 0.119 e. The van der Waals surface area contributed by atoms with Crippen LogP contribution in [0.3, 0.4) is 0 Å². The molecule has 0 aliphatic carbocycles. The monoisotopic (exact) mass is 266 g/mol. The van der Waals surface area contributed by atoms with Gasteiger partial charge in [0.1, 0.15) is 5.75 Å². The minimum absolute atomic E-state index is 0.232. The standard InChI is InChI=1S/C16H26OS/c1-4-9-16(13-18,10-5-2)12-17-15-8-6-7-14(3)11-15/h6-8,11,18H,4-5,9-10,12-13H2,1-3H3. The molecule has 0 saturated carbocycles. The summed E-state index contributed by atoms with van der Waals surface area (Å²) >= 11 is 4.56. The van der Waals surface area contributed by atoms with E-state index in [-0.39, 0.29) is 5.41 Å². The molecule has 0 saturated heterocycles. The molecule has 0 unspecified atom stereocenters. The van der Waals surface area contributed by atoms with E-state index < -0.39 is 0 Å². The zero-order valence-electron chi connectivity index (χ0n) is 11.9. The number of hydrogen-bond donors (Lipinski definition) is 1. The lowest BCUT2D eigenvalue weighted by Crippen LogP contribution is -2.30. The summed E-state index contributed by atoms with van der Waals surface area (Å²) in [6, 6.07) is 8.28. The van der Waals surface area contributed by atoms with Crippen molar-refractivity contribution in [2.45, 2.75) is 46.5 Å². The molecule has 1 rings (SSSR count). The average Bonchev–Trinajstić information content (AvgIpc) is 2.37. The van der Waals surface area contributed by atoms with E-state index in [0.717, 1.165) is 18.1 Å². The molecule has 0 amide bonds. The van der Waals surface area contributed by atoms with Crippen molar-refractivity contribution in [2.24, 2.45) is 5.41 Å². The quantitative estimate of drug-likeness (QED) is 0.659. The van der Waals surface area contributed by atoms with Crippen LogP contribution in [-0.4, -0.2) is 12.4 Å². The van der Waals surface area contributed by atoms with E-state index in [9.17, 15) is 0 Å². The van der Waals surface area contributed by atoms with Crippen LogP contribution < -0.4 is 4.74 Å². The zero-order valence-corrected chi connectivity index (χ0v) is 12.8. The molecule has 1 aromatic rings. The molecule has 1 aromatic carbocycles. The molecule has 1 nitrogen and oxygen atoms in total. The van der Waals surface area contributed by atoms with Gasteiger partial charge < -0.3 is 4.74 Å². The van der Waals surface area contributed by atoms with Gasteiger partial charge in [0, 0.05) is 5.41 Å². The normalized spacial score (nSPS) is 11.6. The molecule has 0 atom stereocenters. The molecular formula is C16H26OS. The summed E-state index contributed by atoms with van der Waals surface area (Å²) in [5, 5.41) is 0. The summed E-state index contributed by atoms with van der Waals surface area (Å²) in [7, 11) is 0. The van der Waals surface area contributed by atoms with Crippen LogP contribution in [-0.2, 0) is 0 Å². The highest BCUT2D eigenvalue weighted by Gasteiger charge is 2.27. The molecule has 2 heteroatoms. The highest BCUT2D eigenvalue weighted by atomic mass is 32.1. The van der Waals surface area contributed by atoms with Gasteiger partial charge in [-0.3, -0.25) is 0 Å². The fourth-order valence-electron chi connectivity index (χ4n) is 2.48. The maximum Gasteiger partial charge on any atom is 0.119 e. The lowest BCUT2D eigenvalue weighted by molar-refractivity contribution is 0.143. The largest absolute Gasteiger partial charge is 0.493 e. The van der Waals surface area contributed by atoms with Gasteiger partial charge in [0.15, 0.2) is 0 Å². The third-order valence-electron chi connectivity index (χ3n) is 3.43. The topological polar surface area (TPSA) is 9.23 Å². The minimum Gasteiger partial charge on any atom is -0.493 e. The predicted octanol–water partition coefficient (Wildman–Crippen LogP) is 4.89. The highest BCUT2D eigenvalue weighted by molar-refractivity contribution is 7.80. The summed E-state index contributed by atoms with van der Waals surface area (Å²) in [4.78, 5) is 0. The van der Waals surface area contributed by atoms with Gasteiger partial charge in [-0.05, 0) is 43.2 Å². The van der Waals surface area contributed by atoms with Crippen molar-refractivity contribution in [3.8, 4) is 5.75 Å². The summed E-state index contributed by atoms with van der Waals surface area (Å²) in [6.45, 7) is 7.35. The Balaban J connectivity index is 2.66. The number of hydrogen-bond acceptors (Lipinski definition) is 2. The second-order valence-electron chi connectivity index (χ2n) is 5.26. The highest BCUT2D eigenvalue weighted by Crippen LogP contribution is 2.32. The number of benzene rings is 1. The van der Waals surface area contributed by atoms with Crippen LogP contribution >= 0.6 is 12.6 Å². The second kappa shape index (κ2) is 7.73. The predicted molar refractivity (Wildman–Crippen MR) is 82.8 cm³/mol. The Hall–Kier alpha value is -0.630. The Bertz CT molecular complexity index is 343. The van der Waals surface area contributed by atoms with Gasteiger partial charge in [-0.25, -0.2) is 0 Å². The van der Waals surface area contributed by atoms with E-state index in [1.54, 1.807) is 0 Å². The van der Waals surface area contributed by atoms with Crippen LogP contribution in [0.15, 0.2) is 24.3 Å². The van der Waals surface area contributed by atoms with E-state index in [4.69, 9.17) is 4.74 Å². The Morgan fingerprint density at radius 1 is 1.17 bits per heavy atom. The third-order valence-corrected chi connectivity index (χ3v) is 4.10. The molecule has 102 valence electrons. The van der Waals surface area contributed by atoms with Gasteiger partial charge in [0.2, 0.25) is 0 Å². The molecule has 0 aromatic heterocycles. The van der Waals surface area contributed by atoms with Gasteiger partial charge in [-0.2, -0.15) is 12.6 Å². The first kappa shape index (κ1) is 15.4. The van der Waals surface area contributed by atoms with Crippen LogP contribution in [0.4, 0.5) is 0 Å². The molecule has 0 bridgehead atoms. The maximum absolute atomic E-state index is 6.00. The fourth-order valence-corrected chi connectivity index (χ4v) is 2.88. The summed E-state index contributed by atoms with van der Waals surface area (Å²) in [5.41, 5.74) is 1.48. The molecule has 18 heavy (non-hydrogen) atoms. The molecule has 0 radical (unpaired) electrons. The van der Waals surface area contributed by atoms with Crippen LogP contribution in [0.25, 0.3) is 0 Å². The first-order valence-electron chi connectivity index (χ1n) is 6.96. The molecule has 0 N–H and O–H groups in total.